The Hall–Kier alpha value is -3.23. The lowest BCUT2D eigenvalue weighted by Crippen LogP contribution is -2.41. The van der Waals surface area contributed by atoms with Gasteiger partial charge in [-0.1, -0.05) is 0 Å². The predicted octanol–water partition coefficient (Wildman–Crippen LogP) is 4.03. The van der Waals surface area contributed by atoms with Gasteiger partial charge in [0, 0.05) is 50.8 Å². The highest BCUT2D eigenvalue weighted by molar-refractivity contribution is 5.97. The van der Waals surface area contributed by atoms with E-state index in [1.807, 2.05) is 4.90 Å². The molecular weight excluding hydrogens is 407 g/mol. The molecule has 0 N–H and O–H groups in total. The zero-order chi connectivity index (χ0) is 22.0. The Labute approximate surface area is 177 Å². The van der Waals surface area contributed by atoms with E-state index >= 15 is 0 Å². The molecule has 0 saturated carbocycles. The summed E-state index contributed by atoms with van der Waals surface area (Å²) in [7, 11) is 1.75. The second kappa shape index (κ2) is 8.49. The molecule has 4 rings (SSSR count). The molecule has 3 heterocycles. The highest BCUT2D eigenvalue weighted by Crippen LogP contribution is 2.31. The molecule has 1 aliphatic rings. The maximum atomic E-state index is 12.9. The van der Waals surface area contributed by atoms with Crippen LogP contribution in [0.1, 0.15) is 28.8 Å². The number of likely N-dealkylation sites (tertiary alicyclic amines) is 1. The molecule has 0 atom stereocenters. The van der Waals surface area contributed by atoms with Crippen LogP contribution in [0.15, 0.2) is 48.9 Å². The maximum absolute atomic E-state index is 12.9. The van der Waals surface area contributed by atoms with Crippen LogP contribution in [0.5, 0.6) is 0 Å². The van der Waals surface area contributed by atoms with Crippen molar-refractivity contribution < 1.29 is 18.0 Å². The number of aromatic nitrogens is 3. The van der Waals surface area contributed by atoms with Gasteiger partial charge < -0.3 is 9.80 Å². The van der Waals surface area contributed by atoms with E-state index in [1.54, 1.807) is 42.5 Å². The van der Waals surface area contributed by atoms with Gasteiger partial charge in [-0.25, -0.2) is 4.98 Å². The molecule has 1 fully saturated rings. The van der Waals surface area contributed by atoms with Crippen LogP contribution in [0.3, 0.4) is 0 Å². The first-order valence-corrected chi connectivity index (χ1v) is 10.1. The second-order valence-corrected chi connectivity index (χ2v) is 7.78. The Kier molecular flexibility index (Phi) is 5.75. The van der Waals surface area contributed by atoms with E-state index in [2.05, 4.69) is 15.0 Å². The van der Waals surface area contributed by atoms with Gasteiger partial charge in [-0.3, -0.25) is 14.8 Å². The van der Waals surface area contributed by atoms with Gasteiger partial charge in [0.05, 0.1) is 16.6 Å². The Bertz CT molecular complexity index is 1080. The largest absolute Gasteiger partial charge is 0.416 e. The summed E-state index contributed by atoms with van der Waals surface area (Å²) in [4.78, 5) is 29.0. The summed E-state index contributed by atoms with van der Waals surface area (Å²) in [6, 6.07) is 7.35. The number of benzene rings is 1. The molecule has 0 unspecified atom stereocenters. The average Bonchev–Trinajstić information content (AvgIpc) is 2.78. The molecule has 1 saturated heterocycles. The molecule has 9 heteroatoms. The van der Waals surface area contributed by atoms with Gasteiger partial charge in [0.25, 0.3) is 5.91 Å². The number of carbonyl (C=O) groups is 1. The van der Waals surface area contributed by atoms with Gasteiger partial charge in [0.15, 0.2) is 0 Å². The van der Waals surface area contributed by atoms with E-state index in [4.69, 9.17) is 0 Å². The van der Waals surface area contributed by atoms with Crippen LogP contribution in [0.4, 0.5) is 19.0 Å². The monoisotopic (exact) mass is 429 g/mol. The predicted molar refractivity (Wildman–Crippen MR) is 111 cm³/mol. The fourth-order valence-corrected chi connectivity index (χ4v) is 3.88. The van der Waals surface area contributed by atoms with Crippen molar-refractivity contribution in [2.75, 3.05) is 31.6 Å². The van der Waals surface area contributed by atoms with Crippen LogP contribution in [0, 0.1) is 5.92 Å². The number of hydrogen-bond donors (Lipinski definition) is 0. The minimum absolute atomic E-state index is 0.0427. The Morgan fingerprint density at radius 1 is 1.03 bits per heavy atom. The van der Waals surface area contributed by atoms with Gasteiger partial charge in [-0.15, -0.1) is 0 Å². The van der Waals surface area contributed by atoms with Gasteiger partial charge in [-0.2, -0.15) is 13.2 Å². The number of nitrogens with zero attached hydrogens (tertiary/aromatic N) is 5. The minimum Gasteiger partial charge on any atom is -0.359 e. The number of halogens is 3. The zero-order valence-corrected chi connectivity index (χ0v) is 17.0. The van der Waals surface area contributed by atoms with Crippen molar-refractivity contribution in [2.24, 2.45) is 5.92 Å². The van der Waals surface area contributed by atoms with E-state index in [9.17, 15) is 18.0 Å². The lowest BCUT2D eigenvalue weighted by Gasteiger charge is -2.34. The smallest absolute Gasteiger partial charge is 0.359 e. The van der Waals surface area contributed by atoms with Crippen LogP contribution in [0.25, 0.3) is 11.0 Å². The quantitative estimate of drug-likeness (QED) is 0.627. The molecular formula is C22H22F3N5O. The summed E-state index contributed by atoms with van der Waals surface area (Å²) in [5.41, 5.74) is 1.30. The number of alkyl halides is 3. The third kappa shape index (κ3) is 4.76. The van der Waals surface area contributed by atoms with E-state index in [1.165, 1.54) is 6.20 Å². The molecule has 1 aromatic carbocycles. The highest BCUT2D eigenvalue weighted by atomic mass is 19.4. The topological polar surface area (TPSA) is 62.2 Å². The van der Waals surface area contributed by atoms with E-state index < -0.39 is 11.7 Å². The van der Waals surface area contributed by atoms with Crippen molar-refractivity contribution in [3.8, 4) is 0 Å². The van der Waals surface area contributed by atoms with Crippen molar-refractivity contribution in [2.45, 2.75) is 19.0 Å². The summed E-state index contributed by atoms with van der Waals surface area (Å²) in [6.45, 7) is 1.79. The normalized spacial score (nSPS) is 15.3. The molecule has 162 valence electrons. The molecule has 31 heavy (non-hydrogen) atoms. The van der Waals surface area contributed by atoms with Crippen molar-refractivity contribution in [1.29, 1.82) is 0 Å². The van der Waals surface area contributed by atoms with Crippen LogP contribution >= 0.6 is 0 Å². The fraction of sp³-hybridized carbons (Fsp3) is 0.364. The first-order chi connectivity index (χ1) is 14.8. The summed E-state index contributed by atoms with van der Waals surface area (Å²) in [6.07, 6.45) is 1.56. The summed E-state index contributed by atoms with van der Waals surface area (Å²) in [5, 5.41) is 0. The van der Waals surface area contributed by atoms with E-state index in [0.717, 1.165) is 30.5 Å². The average molecular weight is 429 g/mol. The Morgan fingerprint density at radius 3 is 2.45 bits per heavy atom. The van der Waals surface area contributed by atoms with Crippen LogP contribution in [-0.4, -0.2) is 52.4 Å². The number of piperidine rings is 1. The SMILES string of the molecule is CN(CC1CCN(C(=O)c2ccc3nccnc3c2)CC1)c1cc(C(F)(F)F)ccn1. The fourth-order valence-electron chi connectivity index (χ4n) is 3.88. The zero-order valence-electron chi connectivity index (χ0n) is 17.0. The number of carbonyl (C=O) groups excluding carboxylic acids is 1. The number of fused-ring (bicyclic) bond motifs is 1. The van der Waals surface area contributed by atoms with Crippen molar-refractivity contribution >= 4 is 22.8 Å². The molecule has 1 aliphatic heterocycles. The number of rotatable bonds is 4. The van der Waals surface area contributed by atoms with Crippen molar-refractivity contribution in [3.05, 3.63) is 60.0 Å². The molecule has 3 aromatic rings. The molecule has 0 radical (unpaired) electrons. The van der Waals surface area contributed by atoms with Crippen LogP contribution < -0.4 is 4.90 Å². The molecule has 2 aromatic heterocycles. The van der Waals surface area contributed by atoms with Gasteiger partial charge >= 0.3 is 6.18 Å². The minimum atomic E-state index is -4.39. The first kappa shape index (κ1) is 21.0. The number of pyridine rings is 1. The van der Waals surface area contributed by atoms with Crippen molar-refractivity contribution in [1.82, 2.24) is 19.9 Å². The second-order valence-electron chi connectivity index (χ2n) is 7.78. The van der Waals surface area contributed by atoms with Crippen molar-refractivity contribution in [3.63, 3.8) is 0 Å². The first-order valence-electron chi connectivity index (χ1n) is 10.1. The van der Waals surface area contributed by atoms with Crippen LogP contribution in [-0.2, 0) is 6.18 Å². The molecule has 1 amide bonds. The third-order valence-corrected chi connectivity index (χ3v) is 5.61. The standard InChI is InChI=1S/C22H22F3N5O/c1-29(20-13-17(4-7-28-20)22(23,24)25)14-15-5-10-30(11-6-15)21(31)16-2-3-18-19(12-16)27-9-8-26-18/h2-4,7-9,12-13,15H,5-6,10-11,14H2,1H3. The molecule has 0 aliphatic carbocycles. The highest BCUT2D eigenvalue weighted by Gasteiger charge is 2.31. The van der Waals surface area contributed by atoms with Gasteiger partial charge in [0.2, 0.25) is 0 Å². The third-order valence-electron chi connectivity index (χ3n) is 5.61. The maximum Gasteiger partial charge on any atom is 0.416 e. The van der Waals surface area contributed by atoms with Gasteiger partial charge in [-0.05, 0) is 49.1 Å². The van der Waals surface area contributed by atoms with E-state index in [-0.39, 0.29) is 11.8 Å². The summed E-state index contributed by atoms with van der Waals surface area (Å²) < 4.78 is 38.8. The summed E-state index contributed by atoms with van der Waals surface area (Å²) >= 11 is 0. The van der Waals surface area contributed by atoms with Crippen LogP contribution in [0.2, 0.25) is 0 Å². The van der Waals surface area contributed by atoms with Gasteiger partial charge in [0.1, 0.15) is 5.82 Å². The number of hydrogen-bond acceptors (Lipinski definition) is 5. The lowest BCUT2D eigenvalue weighted by atomic mass is 9.95. The Balaban J connectivity index is 1.35. The lowest BCUT2D eigenvalue weighted by molar-refractivity contribution is -0.137. The number of amides is 1. The summed E-state index contributed by atoms with van der Waals surface area (Å²) in [5.74, 6) is 0.525. The number of anilines is 1. The Morgan fingerprint density at radius 2 is 1.74 bits per heavy atom. The molecule has 0 bridgehead atoms. The molecule has 6 nitrogen and oxygen atoms in total. The molecule has 0 spiro atoms. The van der Waals surface area contributed by atoms with E-state index in [0.29, 0.717) is 36.5 Å².